The average Bonchev–Trinajstić information content (AvgIpc) is 3.23. The van der Waals surface area contributed by atoms with Crippen LogP contribution in [-0.2, 0) is 0 Å². The van der Waals surface area contributed by atoms with Gasteiger partial charge in [0.2, 0.25) is 5.89 Å². The van der Waals surface area contributed by atoms with Crippen molar-refractivity contribution in [2.45, 2.75) is 31.4 Å². The molecule has 1 N–H and O–H groups in total. The van der Waals surface area contributed by atoms with E-state index in [4.69, 9.17) is 10.8 Å². The minimum absolute atomic E-state index is 0.0281. The maximum atomic E-state index is 12.5. The molecule has 0 fully saturated rings. The summed E-state index contributed by atoms with van der Waals surface area (Å²) in [4.78, 5) is 12.2. The van der Waals surface area contributed by atoms with Gasteiger partial charge >= 0.3 is 6.43 Å². The Labute approximate surface area is 147 Å². The Morgan fingerprint density at radius 2 is 1.96 bits per heavy atom. The third-order valence-corrected chi connectivity index (χ3v) is 3.88. The van der Waals surface area contributed by atoms with E-state index in [9.17, 15) is 13.6 Å². The molecule has 1 aromatic carbocycles. The van der Waals surface area contributed by atoms with Gasteiger partial charge in [0.15, 0.2) is 5.66 Å². The zero-order valence-corrected chi connectivity index (χ0v) is 13.7. The Morgan fingerprint density at radius 3 is 2.54 bits per heavy atom. The van der Waals surface area contributed by atoms with Crippen LogP contribution < -0.4 is 5.32 Å². The standard InChI is InChI=1S/C17H15F2N5O2/c1-2-3-8-17(23-24-17)9-10-20-14(25)11-4-6-12(7-5-11)15-21-22-16(26-15)13(18)19/h1,4-7,13H,3,8-10H2,(H,20,25). The highest BCUT2D eigenvalue weighted by Crippen LogP contribution is 2.36. The lowest BCUT2D eigenvalue weighted by Gasteiger charge is -2.10. The molecule has 0 aliphatic carbocycles. The lowest BCUT2D eigenvalue weighted by molar-refractivity contribution is 0.0952. The minimum atomic E-state index is -2.82. The second-order valence-electron chi connectivity index (χ2n) is 5.72. The fourth-order valence-corrected chi connectivity index (χ4v) is 2.35. The number of halogens is 2. The van der Waals surface area contributed by atoms with Crippen molar-refractivity contribution in [3.8, 4) is 23.8 Å². The van der Waals surface area contributed by atoms with E-state index in [2.05, 4.69) is 31.7 Å². The van der Waals surface area contributed by atoms with Gasteiger partial charge in [-0.3, -0.25) is 4.79 Å². The second-order valence-corrected chi connectivity index (χ2v) is 5.72. The summed E-state index contributed by atoms with van der Waals surface area (Å²) in [6.07, 6.45) is 4.27. The number of carbonyl (C=O) groups excluding carboxylic acids is 1. The third kappa shape index (κ3) is 4.08. The molecule has 26 heavy (non-hydrogen) atoms. The lowest BCUT2D eigenvalue weighted by atomic mass is 10.0. The van der Waals surface area contributed by atoms with Crippen LogP contribution in [0.3, 0.4) is 0 Å². The number of amides is 1. The van der Waals surface area contributed by atoms with Crippen LogP contribution in [0.5, 0.6) is 0 Å². The maximum Gasteiger partial charge on any atom is 0.314 e. The smallest absolute Gasteiger partial charge is 0.314 e. The Hall–Kier alpha value is -3.15. The Balaban J connectivity index is 1.53. The molecule has 1 aliphatic heterocycles. The number of hydrogen-bond acceptors (Lipinski definition) is 6. The highest BCUT2D eigenvalue weighted by molar-refractivity contribution is 5.94. The van der Waals surface area contributed by atoms with Crippen LogP contribution in [0.25, 0.3) is 11.5 Å². The van der Waals surface area contributed by atoms with Crippen molar-refractivity contribution < 1.29 is 18.0 Å². The maximum absolute atomic E-state index is 12.5. The van der Waals surface area contributed by atoms with Crippen LogP contribution in [0, 0.1) is 12.3 Å². The van der Waals surface area contributed by atoms with Crippen molar-refractivity contribution in [1.29, 1.82) is 0 Å². The van der Waals surface area contributed by atoms with Gasteiger partial charge in [-0.15, -0.1) is 22.5 Å². The molecular formula is C17H15F2N5O2. The van der Waals surface area contributed by atoms with Gasteiger partial charge in [0.1, 0.15) is 0 Å². The summed E-state index contributed by atoms with van der Waals surface area (Å²) in [7, 11) is 0. The molecule has 0 saturated carbocycles. The highest BCUT2D eigenvalue weighted by atomic mass is 19.3. The van der Waals surface area contributed by atoms with Crippen LogP contribution in [0.4, 0.5) is 8.78 Å². The fraction of sp³-hybridized carbons (Fsp3) is 0.353. The van der Waals surface area contributed by atoms with Crippen molar-refractivity contribution in [3.05, 3.63) is 35.7 Å². The predicted molar refractivity (Wildman–Crippen MR) is 87.3 cm³/mol. The van der Waals surface area contributed by atoms with E-state index in [0.717, 1.165) is 0 Å². The van der Waals surface area contributed by atoms with E-state index in [1.807, 2.05) is 0 Å². The molecule has 2 aromatic rings. The monoisotopic (exact) mass is 359 g/mol. The number of alkyl halides is 2. The van der Waals surface area contributed by atoms with Gasteiger partial charge in [0, 0.05) is 36.9 Å². The second kappa shape index (κ2) is 7.39. The molecule has 0 spiro atoms. The van der Waals surface area contributed by atoms with Crippen LogP contribution in [0.2, 0.25) is 0 Å². The van der Waals surface area contributed by atoms with E-state index >= 15 is 0 Å². The number of hydrogen-bond donors (Lipinski definition) is 1. The molecule has 0 saturated heterocycles. The van der Waals surface area contributed by atoms with E-state index in [-0.39, 0.29) is 11.8 Å². The van der Waals surface area contributed by atoms with Gasteiger partial charge in [-0.25, -0.2) is 0 Å². The zero-order chi connectivity index (χ0) is 18.6. The Morgan fingerprint density at radius 1 is 1.23 bits per heavy atom. The quantitative estimate of drug-likeness (QED) is 0.731. The molecule has 2 heterocycles. The van der Waals surface area contributed by atoms with Gasteiger partial charge in [0.05, 0.1) is 0 Å². The van der Waals surface area contributed by atoms with Gasteiger partial charge in [0.25, 0.3) is 11.8 Å². The van der Waals surface area contributed by atoms with Crippen LogP contribution in [-0.4, -0.2) is 28.3 Å². The van der Waals surface area contributed by atoms with E-state index < -0.39 is 18.0 Å². The van der Waals surface area contributed by atoms with Gasteiger partial charge in [-0.2, -0.15) is 19.0 Å². The van der Waals surface area contributed by atoms with E-state index in [1.165, 1.54) is 0 Å². The summed E-state index contributed by atoms with van der Waals surface area (Å²) < 4.78 is 29.8. The zero-order valence-electron chi connectivity index (χ0n) is 13.7. The minimum Gasteiger partial charge on any atom is -0.415 e. The highest BCUT2D eigenvalue weighted by Gasteiger charge is 2.38. The predicted octanol–water partition coefficient (Wildman–Crippen LogP) is 3.37. The van der Waals surface area contributed by atoms with Crippen LogP contribution >= 0.6 is 0 Å². The number of nitrogens with zero attached hydrogens (tertiary/aromatic N) is 4. The number of nitrogens with one attached hydrogen (secondary N) is 1. The fourth-order valence-electron chi connectivity index (χ4n) is 2.35. The first kappa shape index (κ1) is 17.7. The number of carbonyl (C=O) groups is 1. The number of terminal acetylenes is 1. The van der Waals surface area contributed by atoms with E-state index in [1.54, 1.807) is 24.3 Å². The molecular weight excluding hydrogens is 344 g/mol. The first-order valence-electron chi connectivity index (χ1n) is 7.91. The van der Waals surface area contributed by atoms with E-state index in [0.29, 0.717) is 36.9 Å². The largest absolute Gasteiger partial charge is 0.415 e. The molecule has 134 valence electrons. The van der Waals surface area contributed by atoms with Crippen molar-refractivity contribution in [2.24, 2.45) is 10.2 Å². The first-order chi connectivity index (χ1) is 12.5. The summed E-state index contributed by atoms with van der Waals surface area (Å²) in [6.45, 7) is 0.416. The molecule has 7 nitrogen and oxygen atoms in total. The summed E-state index contributed by atoms with van der Waals surface area (Å²) in [5.41, 5.74) is 0.429. The van der Waals surface area contributed by atoms with Crippen LogP contribution in [0.15, 0.2) is 38.9 Å². The third-order valence-electron chi connectivity index (χ3n) is 3.88. The summed E-state index contributed by atoms with van der Waals surface area (Å²) >= 11 is 0. The summed E-state index contributed by atoms with van der Waals surface area (Å²) in [5.74, 6) is 1.52. The first-order valence-corrected chi connectivity index (χ1v) is 7.91. The Kier molecular flexibility index (Phi) is 5.02. The molecule has 0 unspecified atom stereocenters. The average molecular weight is 359 g/mol. The van der Waals surface area contributed by atoms with Crippen molar-refractivity contribution >= 4 is 5.91 Å². The van der Waals surface area contributed by atoms with Crippen molar-refractivity contribution in [2.75, 3.05) is 6.54 Å². The molecule has 0 radical (unpaired) electrons. The molecule has 1 aromatic heterocycles. The van der Waals surface area contributed by atoms with Gasteiger partial charge in [-0.05, 0) is 24.3 Å². The molecule has 1 amide bonds. The number of aromatic nitrogens is 2. The number of rotatable bonds is 8. The molecule has 3 rings (SSSR count). The van der Waals surface area contributed by atoms with Crippen molar-refractivity contribution in [3.63, 3.8) is 0 Å². The summed E-state index contributed by atoms with van der Waals surface area (Å²) in [5, 5.41) is 17.6. The lowest BCUT2D eigenvalue weighted by Crippen LogP contribution is -2.28. The molecule has 0 atom stereocenters. The van der Waals surface area contributed by atoms with Gasteiger partial charge in [-0.1, -0.05) is 0 Å². The molecule has 9 heteroatoms. The van der Waals surface area contributed by atoms with Gasteiger partial charge < -0.3 is 9.73 Å². The topological polar surface area (TPSA) is 92.7 Å². The number of benzene rings is 1. The normalized spacial score (nSPS) is 14.2. The Bertz CT molecular complexity index is 849. The van der Waals surface area contributed by atoms with Crippen molar-refractivity contribution in [1.82, 2.24) is 15.5 Å². The SMILES string of the molecule is C#CCCC1(CCNC(=O)c2ccc(-c3nnc(C(F)F)o3)cc2)N=N1. The van der Waals surface area contributed by atoms with Crippen LogP contribution in [0.1, 0.15) is 41.9 Å². The molecule has 1 aliphatic rings. The summed E-state index contributed by atoms with van der Waals surface area (Å²) in [6, 6.07) is 6.21. The molecule has 0 bridgehead atoms.